The summed E-state index contributed by atoms with van der Waals surface area (Å²) < 4.78 is 64.9. The smallest absolute Gasteiger partial charge is 0.398 e. The van der Waals surface area contributed by atoms with Gasteiger partial charge in [0.2, 0.25) is 10.0 Å². The number of nitrogens with one attached hydrogen (secondary N) is 1. The molecule has 0 radical (unpaired) electrons. The maximum absolute atomic E-state index is 12.8. The Morgan fingerprint density at radius 2 is 1.76 bits per heavy atom. The molecule has 0 heterocycles. The molecule has 0 amide bonds. The third-order valence-electron chi connectivity index (χ3n) is 3.61. The van der Waals surface area contributed by atoms with Gasteiger partial charge in [-0.15, -0.1) is 0 Å². The predicted molar refractivity (Wildman–Crippen MR) is 75.3 cm³/mol. The summed E-state index contributed by atoms with van der Waals surface area (Å²) in [5.74, 6) is 0. The van der Waals surface area contributed by atoms with Gasteiger partial charge in [-0.2, -0.15) is 13.2 Å². The molecule has 0 bridgehead atoms. The van der Waals surface area contributed by atoms with Crippen LogP contribution in [0.2, 0.25) is 0 Å². The number of sulfonamides is 1. The van der Waals surface area contributed by atoms with Crippen LogP contribution in [0.4, 0.5) is 24.5 Å². The molecule has 1 aliphatic carbocycles. The van der Waals surface area contributed by atoms with Crippen molar-refractivity contribution in [3.63, 3.8) is 0 Å². The van der Waals surface area contributed by atoms with Crippen LogP contribution < -0.4 is 10.5 Å². The van der Waals surface area contributed by atoms with Crippen molar-refractivity contribution in [1.29, 1.82) is 0 Å². The Morgan fingerprint density at radius 1 is 1.14 bits per heavy atom. The molecule has 0 unspecified atom stereocenters. The zero-order valence-corrected chi connectivity index (χ0v) is 12.1. The maximum Gasteiger partial charge on any atom is 0.418 e. The highest BCUT2D eigenvalue weighted by molar-refractivity contribution is 7.93. The average molecular weight is 322 g/mol. The number of rotatable bonds is 3. The van der Waals surface area contributed by atoms with Crippen molar-refractivity contribution in [2.45, 2.75) is 43.5 Å². The van der Waals surface area contributed by atoms with E-state index in [2.05, 4.69) is 4.72 Å². The van der Waals surface area contributed by atoms with Crippen molar-refractivity contribution < 1.29 is 21.6 Å². The fourth-order valence-electron chi connectivity index (χ4n) is 2.49. The summed E-state index contributed by atoms with van der Waals surface area (Å²) in [6.07, 6.45) is -0.905. The van der Waals surface area contributed by atoms with E-state index in [0.29, 0.717) is 12.8 Å². The van der Waals surface area contributed by atoms with Crippen molar-refractivity contribution in [2.24, 2.45) is 0 Å². The first-order chi connectivity index (χ1) is 9.70. The van der Waals surface area contributed by atoms with E-state index in [-0.39, 0.29) is 5.69 Å². The lowest BCUT2D eigenvalue weighted by atomic mass is 10.0. The van der Waals surface area contributed by atoms with Crippen LogP contribution in [0, 0.1) is 0 Å². The lowest BCUT2D eigenvalue weighted by molar-refractivity contribution is -0.136. The molecule has 0 saturated heterocycles. The average Bonchev–Trinajstić information content (AvgIpc) is 2.40. The molecule has 1 aromatic carbocycles. The minimum Gasteiger partial charge on any atom is -0.398 e. The molecule has 118 valence electrons. The molecule has 8 heteroatoms. The Kier molecular flexibility index (Phi) is 4.36. The number of anilines is 2. The monoisotopic (exact) mass is 322 g/mol. The van der Waals surface area contributed by atoms with E-state index < -0.39 is 32.7 Å². The van der Waals surface area contributed by atoms with E-state index in [1.807, 2.05) is 0 Å². The zero-order chi connectivity index (χ0) is 15.7. The van der Waals surface area contributed by atoms with Crippen LogP contribution in [0.25, 0.3) is 0 Å². The molecule has 1 fully saturated rings. The SMILES string of the molecule is Nc1ccc(NS(=O)(=O)C2CCCCC2)cc1C(F)(F)F. The summed E-state index contributed by atoms with van der Waals surface area (Å²) in [5.41, 5.74) is 3.71. The number of benzene rings is 1. The molecule has 1 aliphatic rings. The van der Waals surface area contributed by atoms with Crippen LogP contribution in [0.15, 0.2) is 18.2 Å². The second-order valence-corrected chi connectivity index (χ2v) is 7.17. The van der Waals surface area contributed by atoms with Gasteiger partial charge in [-0.05, 0) is 31.0 Å². The molecule has 0 atom stereocenters. The van der Waals surface area contributed by atoms with Gasteiger partial charge in [0, 0.05) is 11.4 Å². The van der Waals surface area contributed by atoms with Crippen LogP contribution in [0.3, 0.4) is 0 Å². The zero-order valence-electron chi connectivity index (χ0n) is 11.3. The molecule has 1 saturated carbocycles. The molecule has 21 heavy (non-hydrogen) atoms. The standard InChI is InChI=1S/C13H17F3N2O2S/c14-13(15,16)11-8-9(6-7-12(11)17)18-21(19,20)10-4-2-1-3-5-10/h6-8,10,18H,1-5,17H2. The first kappa shape index (κ1) is 15.9. The van der Waals surface area contributed by atoms with Crippen molar-refractivity contribution in [3.8, 4) is 0 Å². The van der Waals surface area contributed by atoms with Crippen LogP contribution in [0.5, 0.6) is 0 Å². The molecule has 0 aliphatic heterocycles. The Bertz CT molecular complexity index is 608. The minimum absolute atomic E-state index is 0.109. The Morgan fingerprint density at radius 3 is 2.33 bits per heavy atom. The highest BCUT2D eigenvalue weighted by Crippen LogP contribution is 2.35. The van der Waals surface area contributed by atoms with E-state index in [1.54, 1.807) is 0 Å². The lowest BCUT2D eigenvalue weighted by Gasteiger charge is -2.22. The number of hydrogen-bond acceptors (Lipinski definition) is 3. The van der Waals surface area contributed by atoms with Gasteiger partial charge in [0.25, 0.3) is 0 Å². The second-order valence-electron chi connectivity index (χ2n) is 5.21. The summed E-state index contributed by atoms with van der Waals surface area (Å²) in [7, 11) is -3.67. The van der Waals surface area contributed by atoms with Gasteiger partial charge in [0.05, 0.1) is 10.8 Å². The molecule has 4 nitrogen and oxygen atoms in total. The van der Waals surface area contributed by atoms with Gasteiger partial charge in [0.1, 0.15) is 0 Å². The molecule has 1 aromatic rings. The summed E-state index contributed by atoms with van der Waals surface area (Å²) in [6.45, 7) is 0. The number of hydrogen-bond donors (Lipinski definition) is 2. The van der Waals surface area contributed by atoms with Gasteiger partial charge in [0.15, 0.2) is 0 Å². The van der Waals surface area contributed by atoms with Crippen LogP contribution in [0.1, 0.15) is 37.7 Å². The van der Waals surface area contributed by atoms with E-state index in [4.69, 9.17) is 5.73 Å². The van der Waals surface area contributed by atoms with Crippen molar-refractivity contribution in [3.05, 3.63) is 23.8 Å². The fourth-order valence-corrected chi connectivity index (χ4v) is 4.06. The normalized spacial score (nSPS) is 17.7. The fraction of sp³-hybridized carbons (Fsp3) is 0.538. The summed E-state index contributed by atoms with van der Waals surface area (Å²) in [6, 6.07) is 3.03. The van der Waals surface area contributed by atoms with E-state index in [9.17, 15) is 21.6 Å². The van der Waals surface area contributed by atoms with Gasteiger partial charge in [-0.1, -0.05) is 19.3 Å². The number of halogens is 3. The topological polar surface area (TPSA) is 72.2 Å². The number of nitrogens with two attached hydrogens (primary N) is 1. The first-order valence-electron chi connectivity index (χ1n) is 6.68. The predicted octanol–water partition coefficient (Wildman–Crippen LogP) is 3.36. The third kappa shape index (κ3) is 3.81. The molecule has 0 aromatic heterocycles. The quantitative estimate of drug-likeness (QED) is 0.838. The van der Waals surface area contributed by atoms with E-state index >= 15 is 0 Å². The van der Waals surface area contributed by atoms with Gasteiger partial charge < -0.3 is 5.73 Å². The lowest BCUT2D eigenvalue weighted by Crippen LogP contribution is -2.29. The molecular formula is C13H17F3N2O2S. The summed E-state index contributed by atoms with van der Waals surface area (Å²) >= 11 is 0. The Balaban J connectivity index is 2.23. The summed E-state index contributed by atoms with van der Waals surface area (Å²) in [5, 5.41) is -0.543. The molecule has 3 N–H and O–H groups in total. The van der Waals surface area contributed by atoms with E-state index in [0.717, 1.165) is 31.4 Å². The third-order valence-corrected chi connectivity index (χ3v) is 5.48. The number of alkyl halides is 3. The van der Waals surface area contributed by atoms with Crippen molar-refractivity contribution in [1.82, 2.24) is 0 Å². The van der Waals surface area contributed by atoms with Gasteiger partial charge >= 0.3 is 6.18 Å². The van der Waals surface area contributed by atoms with Crippen LogP contribution in [-0.2, 0) is 16.2 Å². The highest BCUT2D eigenvalue weighted by Gasteiger charge is 2.34. The highest BCUT2D eigenvalue weighted by atomic mass is 32.2. The minimum atomic E-state index is -4.61. The Hall–Kier alpha value is -1.44. The number of nitrogen functional groups attached to an aromatic ring is 1. The van der Waals surface area contributed by atoms with Crippen molar-refractivity contribution in [2.75, 3.05) is 10.5 Å². The Labute approximate surface area is 121 Å². The van der Waals surface area contributed by atoms with Gasteiger partial charge in [-0.25, -0.2) is 8.42 Å². The largest absolute Gasteiger partial charge is 0.418 e. The molecule has 0 spiro atoms. The molecule has 2 rings (SSSR count). The second kappa shape index (κ2) is 5.75. The maximum atomic E-state index is 12.8. The van der Waals surface area contributed by atoms with Crippen LogP contribution >= 0.6 is 0 Å². The van der Waals surface area contributed by atoms with Crippen LogP contribution in [-0.4, -0.2) is 13.7 Å². The molecular weight excluding hydrogens is 305 g/mol. The summed E-state index contributed by atoms with van der Waals surface area (Å²) in [4.78, 5) is 0. The van der Waals surface area contributed by atoms with Gasteiger partial charge in [-0.3, -0.25) is 4.72 Å². The first-order valence-corrected chi connectivity index (χ1v) is 8.23. The van der Waals surface area contributed by atoms with Crippen molar-refractivity contribution >= 4 is 21.4 Å². The van der Waals surface area contributed by atoms with E-state index in [1.165, 1.54) is 6.07 Å².